The lowest BCUT2D eigenvalue weighted by molar-refractivity contribution is -0.148. The van der Waals surface area contributed by atoms with Gasteiger partial charge in [0.25, 0.3) is 0 Å². The van der Waals surface area contributed by atoms with E-state index in [2.05, 4.69) is 5.32 Å². The van der Waals surface area contributed by atoms with E-state index in [1.807, 2.05) is 30.3 Å². The van der Waals surface area contributed by atoms with Gasteiger partial charge in [0.1, 0.15) is 11.8 Å². The molecule has 6 nitrogen and oxygen atoms in total. The van der Waals surface area contributed by atoms with Crippen LogP contribution < -0.4 is 5.32 Å². The van der Waals surface area contributed by atoms with Crippen LogP contribution in [-0.2, 0) is 25.6 Å². The third-order valence-electron chi connectivity index (χ3n) is 2.95. The highest BCUT2D eigenvalue weighted by Crippen LogP contribution is 2.10. The molecule has 140 valence electrons. The maximum Gasteiger partial charge on any atom is 0.409 e. The Morgan fingerprint density at radius 2 is 1.76 bits per heavy atom. The highest BCUT2D eigenvalue weighted by molar-refractivity contribution is 5.70. The Labute approximate surface area is 149 Å². The van der Waals surface area contributed by atoms with Crippen LogP contribution in [0.5, 0.6) is 0 Å². The zero-order valence-electron chi connectivity index (χ0n) is 15.7. The van der Waals surface area contributed by atoms with Crippen LogP contribution in [0.4, 0.5) is 4.79 Å². The molecule has 6 heteroatoms. The van der Waals surface area contributed by atoms with E-state index in [-0.39, 0.29) is 18.5 Å². The number of esters is 1. The van der Waals surface area contributed by atoms with E-state index in [9.17, 15) is 9.59 Å². The van der Waals surface area contributed by atoms with Crippen LogP contribution in [-0.4, -0.2) is 30.0 Å². The molecule has 1 unspecified atom stereocenters. The van der Waals surface area contributed by atoms with Gasteiger partial charge in [0, 0.05) is 12.8 Å². The summed E-state index contributed by atoms with van der Waals surface area (Å²) < 4.78 is 16.1. The summed E-state index contributed by atoms with van der Waals surface area (Å²) >= 11 is 0. The molecule has 0 aliphatic carbocycles. The zero-order valence-corrected chi connectivity index (χ0v) is 15.7. The van der Waals surface area contributed by atoms with Crippen LogP contribution in [0.2, 0.25) is 0 Å². The van der Waals surface area contributed by atoms with E-state index in [1.165, 1.54) is 0 Å². The third-order valence-corrected chi connectivity index (χ3v) is 2.95. The van der Waals surface area contributed by atoms with Crippen molar-refractivity contribution in [1.82, 2.24) is 5.32 Å². The van der Waals surface area contributed by atoms with E-state index < -0.39 is 17.9 Å². The van der Waals surface area contributed by atoms with Gasteiger partial charge in [-0.1, -0.05) is 30.3 Å². The highest BCUT2D eigenvalue weighted by atomic mass is 16.6. The second kappa shape index (κ2) is 10.0. The second-order valence-corrected chi connectivity index (χ2v) is 7.01. The van der Waals surface area contributed by atoms with Gasteiger partial charge in [0.15, 0.2) is 0 Å². The molecule has 0 bridgehead atoms. The lowest BCUT2D eigenvalue weighted by Crippen LogP contribution is -2.40. The number of benzene rings is 1. The molecule has 1 amide bonds. The molecule has 0 heterocycles. The minimum Gasteiger partial charge on any atom is -0.463 e. The second-order valence-electron chi connectivity index (χ2n) is 7.01. The van der Waals surface area contributed by atoms with Crippen LogP contribution in [0.25, 0.3) is 0 Å². The van der Waals surface area contributed by atoms with Crippen LogP contribution in [0.1, 0.15) is 53.0 Å². The summed E-state index contributed by atoms with van der Waals surface area (Å²) in [5, 5.41) is 2.66. The molecule has 0 aliphatic rings. The number of amides is 1. The topological polar surface area (TPSA) is 73.9 Å². The number of carbonyl (C=O) groups excluding carboxylic acids is 2. The van der Waals surface area contributed by atoms with Crippen LogP contribution in [0.15, 0.2) is 30.3 Å². The molecule has 0 radical (unpaired) electrons. The van der Waals surface area contributed by atoms with Crippen molar-refractivity contribution in [2.24, 2.45) is 0 Å². The van der Waals surface area contributed by atoms with Crippen molar-refractivity contribution in [3.63, 3.8) is 0 Å². The van der Waals surface area contributed by atoms with E-state index in [0.29, 0.717) is 13.0 Å². The normalized spacial score (nSPS) is 12.6. The Hall–Kier alpha value is -2.08. The van der Waals surface area contributed by atoms with Crippen molar-refractivity contribution in [1.29, 1.82) is 0 Å². The molecule has 1 atom stereocenters. The predicted molar refractivity (Wildman–Crippen MR) is 94.9 cm³/mol. The molecule has 1 aromatic rings. The van der Waals surface area contributed by atoms with Gasteiger partial charge in [-0.15, -0.1) is 0 Å². The number of nitrogens with one attached hydrogen (secondary N) is 1. The Morgan fingerprint density at radius 1 is 1.12 bits per heavy atom. The van der Waals surface area contributed by atoms with Gasteiger partial charge in [0.05, 0.1) is 12.7 Å². The van der Waals surface area contributed by atoms with E-state index in [0.717, 1.165) is 5.56 Å². The molecule has 1 N–H and O–H groups in total. The Balaban J connectivity index is 2.59. The van der Waals surface area contributed by atoms with Crippen molar-refractivity contribution in [2.45, 2.75) is 72.0 Å². The summed E-state index contributed by atoms with van der Waals surface area (Å²) in [6.07, 6.45) is -0.946. The fourth-order valence-electron chi connectivity index (χ4n) is 1.98. The van der Waals surface area contributed by atoms with Gasteiger partial charge < -0.3 is 14.2 Å². The maximum atomic E-state index is 12.0. The molecule has 0 aromatic heterocycles. The Morgan fingerprint density at radius 3 is 2.32 bits per heavy atom. The van der Waals surface area contributed by atoms with Gasteiger partial charge >= 0.3 is 12.1 Å². The first kappa shape index (κ1) is 21.0. The molecule has 0 saturated heterocycles. The number of hydrogen-bond acceptors (Lipinski definition) is 5. The average molecular weight is 351 g/mol. The quantitative estimate of drug-likeness (QED) is 0.570. The van der Waals surface area contributed by atoms with Gasteiger partial charge in [-0.25, -0.2) is 4.79 Å². The summed E-state index contributed by atoms with van der Waals surface area (Å²) in [4.78, 5) is 23.7. The number of rotatable bonds is 8. The minimum absolute atomic E-state index is 0.146. The first-order chi connectivity index (χ1) is 11.7. The first-order valence-electron chi connectivity index (χ1n) is 8.50. The summed E-state index contributed by atoms with van der Waals surface area (Å²) in [5.41, 5.74) is 0.369. The Bertz CT molecular complexity index is 536. The minimum atomic E-state index is -0.644. The highest BCUT2D eigenvalue weighted by Gasteiger charge is 2.21. The largest absolute Gasteiger partial charge is 0.463 e. The molecule has 1 rings (SSSR count). The molecule has 0 saturated carbocycles. The van der Waals surface area contributed by atoms with Gasteiger partial charge in [-0.05, 0) is 40.2 Å². The third kappa shape index (κ3) is 10.4. The number of ether oxygens (including phenoxy) is 3. The van der Waals surface area contributed by atoms with Crippen LogP contribution in [0.3, 0.4) is 0 Å². The van der Waals surface area contributed by atoms with Crippen molar-refractivity contribution >= 4 is 12.1 Å². The van der Waals surface area contributed by atoms with Gasteiger partial charge in [0.2, 0.25) is 0 Å². The van der Waals surface area contributed by atoms with E-state index in [1.54, 1.807) is 34.6 Å². The number of alkyl carbamates (subject to hydrolysis) is 1. The fourth-order valence-corrected chi connectivity index (χ4v) is 1.98. The molecular formula is C19H29NO5. The Kier molecular flexibility index (Phi) is 8.41. The standard InChI is InChI=1S/C19H29NO5/c1-14(2)24-17(21)12-11-16(20-18(22)25-19(3,4)5)23-13-15-9-7-6-8-10-15/h6-10,14,16H,11-13H2,1-5H3,(H,20,22). The molecule has 1 aromatic carbocycles. The van der Waals surface area contributed by atoms with Gasteiger partial charge in [-0.2, -0.15) is 0 Å². The van der Waals surface area contributed by atoms with Gasteiger partial charge in [-0.3, -0.25) is 10.1 Å². The van der Waals surface area contributed by atoms with Crippen molar-refractivity contribution in [2.75, 3.05) is 0 Å². The zero-order chi connectivity index (χ0) is 18.9. The fraction of sp³-hybridized carbons (Fsp3) is 0.579. The van der Waals surface area contributed by atoms with E-state index in [4.69, 9.17) is 14.2 Å². The molecular weight excluding hydrogens is 322 g/mol. The molecule has 0 spiro atoms. The first-order valence-corrected chi connectivity index (χ1v) is 8.50. The predicted octanol–water partition coefficient (Wildman–Crippen LogP) is 3.79. The van der Waals surface area contributed by atoms with Crippen molar-refractivity contribution in [3.8, 4) is 0 Å². The lowest BCUT2D eigenvalue weighted by Gasteiger charge is -2.24. The van der Waals surface area contributed by atoms with Crippen molar-refractivity contribution in [3.05, 3.63) is 35.9 Å². The van der Waals surface area contributed by atoms with Crippen molar-refractivity contribution < 1.29 is 23.8 Å². The van der Waals surface area contributed by atoms with E-state index >= 15 is 0 Å². The molecule has 0 aliphatic heterocycles. The summed E-state index contributed by atoms with van der Waals surface area (Å²) in [6.45, 7) is 9.26. The summed E-state index contributed by atoms with van der Waals surface area (Å²) in [7, 11) is 0. The average Bonchev–Trinajstić information content (AvgIpc) is 2.48. The number of carbonyl (C=O) groups is 2. The summed E-state index contributed by atoms with van der Waals surface area (Å²) in [6, 6.07) is 9.60. The SMILES string of the molecule is CC(C)OC(=O)CCC(NC(=O)OC(C)(C)C)OCc1ccccc1. The summed E-state index contributed by atoms with van der Waals surface area (Å²) in [5.74, 6) is -0.325. The molecule has 0 fully saturated rings. The lowest BCUT2D eigenvalue weighted by atomic mass is 10.2. The monoisotopic (exact) mass is 351 g/mol. The maximum absolute atomic E-state index is 12.0. The molecule has 25 heavy (non-hydrogen) atoms. The van der Waals surface area contributed by atoms with Crippen LogP contribution >= 0.6 is 0 Å². The van der Waals surface area contributed by atoms with Crippen LogP contribution in [0, 0.1) is 0 Å². The number of hydrogen-bond donors (Lipinski definition) is 1. The smallest absolute Gasteiger partial charge is 0.409 e.